The van der Waals surface area contributed by atoms with Crippen LogP contribution in [-0.2, 0) is 0 Å². The van der Waals surface area contributed by atoms with E-state index < -0.39 is 6.10 Å². The average Bonchev–Trinajstić information content (AvgIpc) is 2.26. The Balaban J connectivity index is 2.26. The first-order valence-electron chi connectivity index (χ1n) is 5.80. The van der Waals surface area contributed by atoms with E-state index in [2.05, 4.69) is 12.2 Å². The SMILES string of the molecule is CCC1CCCCC1NCC(O)CO. The second-order valence-electron chi connectivity index (χ2n) is 4.30. The summed E-state index contributed by atoms with van der Waals surface area (Å²) in [6.45, 7) is 2.61. The minimum absolute atomic E-state index is 0.142. The van der Waals surface area contributed by atoms with Gasteiger partial charge in [0.1, 0.15) is 0 Å². The third-order valence-electron chi connectivity index (χ3n) is 3.26. The van der Waals surface area contributed by atoms with Crippen LogP contribution in [-0.4, -0.2) is 35.5 Å². The van der Waals surface area contributed by atoms with E-state index in [9.17, 15) is 5.11 Å². The van der Waals surface area contributed by atoms with Gasteiger partial charge in [0.05, 0.1) is 12.7 Å². The van der Waals surface area contributed by atoms with E-state index in [-0.39, 0.29) is 6.61 Å². The Morgan fingerprint density at radius 3 is 2.71 bits per heavy atom. The zero-order chi connectivity index (χ0) is 10.4. The predicted molar refractivity (Wildman–Crippen MR) is 57.1 cm³/mol. The quantitative estimate of drug-likeness (QED) is 0.619. The van der Waals surface area contributed by atoms with Gasteiger partial charge < -0.3 is 15.5 Å². The molecular formula is C11H23NO2. The van der Waals surface area contributed by atoms with E-state index >= 15 is 0 Å². The standard InChI is InChI=1S/C11H23NO2/c1-2-9-5-3-4-6-11(9)12-7-10(14)8-13/h9-14H,2-8H2,1H3. The van der Waals surface area contributed by atoms with Crippen LogP contribution in [0.3, 0.4) is 0 Å². The number of nitrogens with one attached hydrogen (secondary N) is 1. The van der Waals surface area contributed by atoms with Crippen molar-refractivity contribution in [3.8, 4) is 0 Å². The molecule has 0 heterocycles. The van der Waals surface area contributed by atoms with Crippen molar-refractivity contribution in [2.24, 2.45) is 5.92 Å². The maximum atomic E-state index is 9.24. The molecule has 1 rings (SSSR count). The summed E-state index contributed by atoms with van der Waals surface area (Å²) in [5.41, 5.74) is 0. The van der Waals surface area contributed by atoms with E-state index in [1.807, 2.05) is 0 Å². The highest BCUT2D eigenvalue weighted by Crippen LogP contribution is 2.26. The summed E-state index contributed by atoms with van der Waals surface area (Å²) < 4.78 is 0. The first kappa shape index (κ1) is 12.0. The topological polar surface area (TPSA) is 52.5 Å². The molecule has 0 aromatic carbocycles. The van der Waals surface area contributed by atoms with Gasteiger partial charge in [0.15, 0.2) is 0 Å². The summed E-state index contributed by atoms with van der Waals surface area (Å²) >= 11 is 0. The van der Waals surface area contributed by atoms with Crippen molar-refractivity contribution in [2.45, 2.75) is 51.2 Å². The second kappa shape index (κ2) is 6.38. The molecule has 1 fully saturated rings. The van der Waals surface area contributed by atoms with Crippen LogP contribution in [0.4, 0.5) is 0 Å². The molecule has 0 aliphatic heterocycles. The van der Waals surface area contributed by atoms with Crippen molar-refractivity contribution in [2.75, 3.05) is 13.2 Å². The van der Waals surface area contributed by atoms with Gasteiger partial charge in [-0.05, 0) is 18.8 Å². The molecule has 0 aromatic heterocycles. The van der Waals surface area contributed by atoms with Gasteiger partial charge in [-0.15, -0.1) is 0 Å². The summed E-state index contributed by atoms with van der Waals surface area (Å²) in [5, 5.41) is 21.3. The summed E-state index contributed by atoms with van der Waals surface area (Å²) in [7, 11) is 0. The predicted octanol–water partition coefficient (Wildman–Crippen LogP) is 0.898. The molecule has 1 aliphatic carbocycles. The van der Waals surface area contributed by atoms with Crippen molar-refractivity contribution in [1.29, 1.82) is 0 Å². The van der Waals surface area contributed by atoms with Gasteiger partial charge in [0.2, 0.25) is 0 Å². The lowest BCUT2D eigenvalue weighted by Gasteiger charge is -2.32. The van der Waals surface area contributed by atoms with Crippen molar-refractivity contribution >= 4 is 0 Å². The monoisotopic (exact) mass is 201 g/mol. The van der Waals surface area contributed by atoms with Crippen LogP contribution in [0.25, 0.3) is 0 Å². The van der Waals surface area contributed by atoms with E-state index in [0.29, 0.717) is 12.6 Å². The molecule has 1 saturated carbocycles. The van der Waals surface area contributed by atoms with Crippen LogP contribution in [0.1, 0.15) is 39.0 Å². The number of hydrogen-bond acceptors (Lipinski definition) is 3. The lowest BCUT2D eigenvalue weighted by molar-refractivity contribution is 0.0866. The zero-order valence-electron chi connectivity index (χ0n) is 9.08. The maximum absolute atomic E-state index is 9.24. The summed E-state index contributed by atoms with van der Waals surface area (Å²) in [6, 6.07) is 0.551. The summed E-state index contributed by atoms with van der Waals surface area (Å²) in [6.07, 6.45) is 5.78. The van der Waals surface area contributed by atoms with Gasteiger partial charge in [0, 0.05) is 12.6 Å². The van der Waals surface area contributed by atoms with Crippen molar-refractivity contribution in [3.63, 3.8) is 0 Å². The zero-order valence-corrected chi connectivity index (χ0v) is 9.08. The van der Waals surface area contributed by atoms with Gasteiger partial charge in [-0.3, -0.25) is 0 Å². The van der Waals surface area contributed by atoms with Gasteiger partial charge in [0.25, 0.3) is 0 Å². The highest BCUT2D eigenvalue weighted by atomic mass is 16.3. The third-order valence-corrected chi connectivity index (χ3v) is 3.26. The molecule has 1 aliphatic rings. The fourth-order valence-electron chi connectivity index (χ4n) is 2.32. The Morgan fingerprint density at radius 1 is 1.36 bits per heavy atom. The Morgan fingerprint density at radius 2 is 2.07 bits per heavy atom. The maximum Gasteiger partial charge on any atom is 0.0895 e. The lowest BCUT2D eigenvalue weighted by Crippen LogP contribution is -2.42. The van der Waals surface area contributed by atoms with E-state index in [0.717, 1.165) is 5.92 Å². The molecular weight excluding hydrogens is 178 g/mol. The fraction of sp³-hybridized carbons (Fsp3) is 1.00. The number of aliphatic hydroxyl groups is 2. The molecule has 3 nitrogen and oxygen atoms in total. The third kappa shape index (κ3) is 3.56. The molecule has 0 spiro atoms. The Kier molecular flexibility index (Phi) is 5.45. The molecule has 0 aromatic rings. The minimum atomic E-state index is -0.602. The van der Waals surface area contributed by atoms with Gasteiger partial charge in [-0.2, -0.15) is 0 Å². The van der Waals surface area contributed by atoms with Gasteiger partial charge >= 0.3 is 0 Å². The van der Waals surface area contributed by atoms with Crippen LogP contribution in [0, 0.1) is 5.92 Å². The van der Waals surface area contributed by atoms with Crippen LogP contribution in [0.2, 0.25) is 0 Å². The molecule has 14 heavy (non-hydrogen) atoms. The Hall–Kier alpha value is -0.120. The van der Waals surface area contributed by atoms with Crippen LogP contribution in [0.5, 0.6) is 0 Å². The van der Waals surface area contributed by atoms with Crippen molar-refractivity contribution in [1.82, 2.24) is 5.32 Å². The molecule has 3 atom stereocenters. The van der Waals surface area contributed by atoms with E-state index in [1.165, 1.54) is 32.1 Å². The Bertz CT molecular complexity index is 152. The van der Waals surface area contributed by atoms with Crippen LogP contribution >= 0.6 is 0 Å². The molecule has 3 heteroatoms. The second-order valence-corrected chi connectivity index (χ2v) is 4.30. The smallest absolute Gasteiger partial charge is 0.0895 e. The number of hydrogen-bond donors (Lipinski definition) is 3. The lowest BCUT2D eigenvalue weighted by atomic mass is 9.83. The molecule has 0 amide bonds. The normalized spacial score (nSPS) is 30.2. The van der Waals surface area contributed by atoms with Crippen LogP contribution < -0.4 is 5.32 Å². The molecule has 3 N–H and O–H groups in total. The molecule has 0 radical (unpaired) electrons. The molecule has 3 unspecified atom stereocenters. The summed E-state index contributed by atoms with van der Waals surface area (Å²) in [4.78, 5) is 0. The highest BCUT2D eigenvalue weighted by molar-refractivity contribution is 4.80. The van der Waals surface area contributed by atoms with Crippen LogP contribution in [0.15, 0.2) is 0 Å². The van der Waals surface area contributed by atoms with E-state index in [4.69, 9.17) is 5.11 Å². The number of rotatable bonds is 5. The molecule has 0 bridgehead atoms. The van der Waals surface area contributed by atoms with Gasteiger partial charge in [-0.1, -0.05) is 26.2 Å². The minimum Gasteiger partial charge on any atom is -0.394 e. The first-order valence-corrected chi connectivity index (χ1v) is 5.80. The molecule has 84 valence electrons. The highest BCUT2D eigenvalue weighted by Gasteiger charge is 2.23. The van der Waals surface area contributed by atoms with E-state index in [1.54, 1.807) is 0 Å². The Labute approximate surface area is 86.5 Å². The van der Waals surface area contributed by atoms with Crippen molar-refractivity contribution < 1.29 is 10.2 Å². The fourth-order valence-corrected chi connectivity index (χ4v) is 2.32. The van der Waals surface area contributed by atoms with Crippen molar-refractivity contribution in [3.05, 3.63) is 0 Å². The first-order chi connectivity index (χ1) is 6.77. The summed E-state index contributed by atoms with van der Waals surface area (Å²) in [5.74, 6) is 0.759. The largest absolute Gasteiger partial charge is 0.394 e. The van der Waals surface area contributed by atoms with Gasteiger partial charge in [-0.25, -0.2) is 0 Å². The number of aliphatic hydroxyl groups excluding tert-OH is 2. The molecule has 0 saturated heterocycles. The average molecular weight is 201 g/mol.